The average Bonchev–Trinajstić information content (AvgIpc) is 2.50. The van der Waals surface area contributed by atoms with Crippen molar-refractivity contribution in [3.63, 3.8) is 0 Å². The SMILES string of the molecule is O=C1CCCC(=O)N1c1ccc(SC2CCCCC2)cc1. The minimum absolute atomic E-state index is 0.0704. The molecule has 2 amide bonds. The molecular weight excluding hydrogens is 282 g/mol. The van der Waals surface area contributed by atoms with Crippen LogP contribution in [0.5, 0.6) is 0 Å². The molecule has 1 heterocycles. The van der Waals surface area contributed by atoms with Crippen LogP contribution in [0, 0.1) is 0 Å². The van der Waals surface area contributed by atoms with Gasteiger partial charge in [0, 0.05) is 23.0 Å². The summed E-state index contributed by atoms with van der Waals surface area (Å²) >= 11 is 1.93. The maximum atomic E-state index is 11.9. The quantitative estimate of drug-likeness (QED) is 0.787. The standard InChI is InChI=1S/C17H21NO2S/c19-16-7-4-8-17(20)18(16)13-9-11-15(12-10-13)21-14-5-2-1-3-6-14/h9-12,14H,1-8H2. The van der Waals surface area contributed by atoms with Crippen LogP contribution in [0.2, 0.25) is 0 Å². The molecule has 0 unspecified atom stereocenters. The topological polar surface area (TPSA) is 37.4 Å². The van der Waals surface area contributed by atoms with Crippen LogP contribution in [0.3, 0.4) is 0 Å². The van der Waals surface area contributed by atoms with Crippen molar-refractivity contribution in [3.05, 3.63) is 24.3 Å². The van der Waals surface area contributed by atoms with Crippen molar-refractivity contribution < 1.29 is 9.59 Å². The molecule has 3 rings (SSSR count). The van der Waals surface area contributed by atoms with Crippen molar-refractivity contribution >= 4 is 29.3 Å². The summed E-state index contributed by atoms with van der Waals surface area (Å²) in [6.07, 6.45) is 8.29. The fourth-order valence-corrected chi connectivity index (χ4v) is 4.34. The molecule has 1 aliphatic heterocycles. The molecule has 4 heteroatoms. The summed E-state index contributed by atoms with van der Waals surface area (Å²) in [5.41, 5.74) is 0.720. The Kier molecular flexibility index (Phi) is 4.63. The number of carbonyl (C=O) groups is 2. The van der Waals surface area contributed by atoms with E-state index in [1.54, 1.807) is 0 Å². The second kappa shape index (κ2) is 6.65. The van der Waals surface area contributed by atoms with Gasteiger partial charge >= 0.3 is 0 Å². The van der Waals surface area contributed by atoms with Gasteiger partial charge in [-0.05, 0) is 43.5 Å². The number of piperidine rings is 1. The molecule has 0 radical (unpaired) electrons. The third-order valence-electron chi connectivity index (χ3n) is 4.23. The smallest absolute Gasteiger partial charge is 0.233 e. The fraction of sp³-hybridized carbons (Fsp3) is 0.529. The van der Waals surface area contributed by atoms with Gasteiger partial charge in [0.15, 0.2) is 0 Å². The van der Waals surface area contributed by atoms with Gasteiger partial charge in [0.05, 0.1) is 5.69 Å². The first-order chi connectivity index (χ1) is 10.2. The van der Waals surface area contributed by atoms with E-state index in [1.165, 1.54) is 41.9 Å². The summed E-state index contributed by atoms with van der Waals surface area (Å²) in [6.45, 7) is 0. The van der Waals surface area contributed by atoms with Crippen LogP contribution in [-0.2, 0) is 9.59 Å². The van der Waals surface area contributed by atoms with E-state index in [-0.39, 0.29) is 11.8 Å². The van der Waals surface area contributed by atoms with Crippen molar-refractivity contribution in [1.82, 2.24) is 0 Å². The second-order valence-corrected chi connectivity index (χ2v) is 7.22. The normalized spacial score (nSPS) is 20.9. The zero-order chi connectivity index (χ0) is 14.7. The zero-order valence-electron chi connectivity index (χ0n) is 12.2. The zero-order valence-corrected chi connectivity index (χ0v) is 13.0. The van der Waals surface area contributed by atoms with Crippen LogP contribution in [0.1, 0.15) is 51.4 Å². The second-order valence-electron chi connectivity index (χ2n) is 5.85. The van der Waals surface area contributed by atoms with E-state index in [4.69, 9.17) is 0 Å². The van der Waals surface area contributed by atoms with Crippen molar-refractivity contribution in [2.75, 3.05) is 4.90 Å². The predicted molar refractivity (Wildman–Crippen MR) is 85.5 cm³/mol. The lowest BCUT2D eigenvalue weighted by Crippen LogP contribution is -2.40. The highest BCUT2D eigenvalue weighted by atomic mass is 32.2. The Labute approximate surface area is 130 Å². The molecule has 1 aliphatic carbocycles. The summed E-state index contributed by atoms with van der Waals surface area (Å²) in [5, 5.41) is 0.725. The Morgan fingerprint density at radius 1 is 0.857 bits per heavy atom. The number of rotatable bonds is 3. The van der Waals surface area contributed by atoms with Crippen LogP contribution < -0.4 is 4.90 Å². The first-order valence-electron chi connectivity index (χ1n) is 7.86. The number of amides is 2. The fourth-order valence-electron chi connectivity index (χ4n) is 3.09. The number of carbonyl (C=O) groups excluding carboxylic acids is 2. The number of nitrogens with zero attached hydrogens (tertiary/aromatic N) is 1. The predicted octanol–water partition coefficient (Wildman–Crippen LogP) is 4.15. The molecule has 0 spiro atoms. The molecule has 1 aromatic carbocycles. The lowest BCUT2D eigenvalue weighted by atomic mass is 10.0. The van der Waals surface area contributed by atoms with Gasteiger partial charge in [-0.1, -0.05) is 19.3 Å². The Morgan fingerprint density at radius 3 is 2.10 bits per heavy atom. The van der Waals surface area contributed by atoms with Crippen molar-refractivity contribution in [1.29, 1.82) is 0 Å². The highest BCUT2D eigenvalue weighted by molar-refractivity contribution is 8.00. The number of benzene rings is 1. The number of anilines is 1. The Morgan fingerprint density at radius 2 is 1.48 bits per heavy atom. The average molecular weight is 303 g/mol. The lowest BCUT2D eigenvalue weighted by Gasteiger charge is -2.25. The van der Waals surface area contributed by atoms with E-state index >= 15 is 0 Å². The first-order valence-corrected chi connectivity index (χ1v) is 8.74. The van der Waals surface area contributed by atoms with E-state index in [0.29, 0.717) is 19.3 Å². The first kappa shape index (κ1) is 14.6. The molecule has 0 bridgehead atoms. The van der Waals surface area contributed by atoms with E-state index in [1.807, 2.05) is 36.0 Å². The van der Waals surface area contributed by atoms with E-state index < -0.39 is 0 Å². The molecule has 3 nitrogen and oxygen atoms in total. The number of thioether (sulfide) groups is 1. The van der Waals surface area contributed by atoms with Crippen LogP contribution in [0.4, 0.5) is 5.69 Å². The summed E-state index contributed by atoms with van der Waals surface area (Å²) in [4.78, 5) is 26.4. The Balaban J connectivity index is 1.68. The van der Waals surface area contributed by atoms with E-state index in [0.717, 1.165) is 10.9 Å². The molecule has 112 valence electrons. The van der Waals surface area contributed by atoms with E-state index in [9.17, 15) is 9.59 Å². The van der Waals surface area contributed by atoms with Gasteiger partial charge in [-0.15, -0.1) is 11.8 Å². The van der Waals surface area contributed by atoms with Gasteiger partial charge < -0.3 is 0 Å². The van der Waals surface area contributed by atoms with Crippen LogP contribution in [-0.4, -0.2) is 17.1 Å². The highest BCUT2D eigenvalue weighted by Gasteiger charge is 2.27. The molecule has 2 fully saturated rings. The Bertz CT molecular complexity index is 504. The molecular formula is C17H21NO2S. The summed E-state index contributed by atoms with van der Waals surface area (Å²) in [6, 6.07) is 7.91. The van der Waals surface area contributed by atoms with Gasteiger partial charge in [-0.3, -0.25) is 14.5 Å². The molecule has 0 atom stereocenters. The molecule has 1 saturated carbocycles. The van der Waals surface area contributed by atoms with Gasteiger partial charge in [0.25, 0.3) is 0 Å². The molecule has 1 saturated heterocycles. The third-order valence-corrected chi connectivity index (χ3v) is 5.58. The number of hydrogen-bond acceptors (Lipinski definition) is 3. The minimum Gasteiger partial charge on any atom is -0.274 e. The molecule has 0 aromatic heterocycles. The number of imide groups is 1. The van der Waals surface area contributed by atoms with Crippen molar-refractivity contribution in [2.45, 2.75) is 61.5 Å². The van der Waals surface area contributed by atoms with E-state index in [2.05, 4.69) is 0 Å². The maximum absolute atomic E-state index is 11.9. The molecule has 2 aliphatic rings. The molecule has 0 N–H and O–H groups in total. The van der Waals surface area contributed by atoms with Crippen LogP contribution in [0.25, 0.3) is 0 Å². The lowest BCUT2D eigenvalue weighted by molar-refractivity contribution is -0.129. The van der Waals surface area contributed by atoms with Gasteiger partial charge in [-0.2, -0.15) is 0 Å². The minimum atomic E-state index is -0.0704. The van der Waals surface area contributed by atoms with Gasteiger partial charge in [0.2, 0.25) is 11.8 Å². The maximum Gasteiger partial charge on any atom is 0.233 e. The summed E-state index contributed by atoms with van der Waals surface area (Å²) in [7, 11) is 0. The van der Waals surface area contributed by atoms with Crippen LogP contribution in [0.15, 0.2) is 29.2 Å². The van der Waals surface area contributed by atoms with Crippen molar-refractivity contribution in [2.24, 2.45) is 0 Å². The number of hydrogen-bond donors (Lipinski definition) is 0. The summed E-state index contributed by atoms with van der Waals surface area (Å²) in [5.74, 6) is -0.141. The van der Waals surface area contributed by atoms with Crippen LogP contribution >= 0.6 is 11.8 Å². The monoisotopic (exact) mass is 303 g/mol. The Hall–Kier alpha value is -1.29. The highest BCUT2D eigenvalue weighted by Crippen LogP contribution is 2.34. The largest absolute Gasteiger partial charge is 0.274 e. The molecule has 1 aromatic rings. The van der Waals surface area contributed by atoms with Crippen molar-refractivity contribution in [3.8, 4) is 0 Å². The third kappa shape index (κ3) is 3.49. The molecule has 21 heavy (non-hydrogen) atoms. The van der Waals surface area contributed by atoms with Gasteiger partial charge in [0.1, 0.15) is 0 Å². The summed E-state index contributed by atoms with van der Waals surface area (Å²) < 4.78 is 0. The van der Waals surface area contributed by atoms with Gasteiger partial charge in [-0.25, -0.2) is 0 Å².